The SMILES string of the molecule is CCN(CC)c1nc(N/N=C/c2ccc(F)cc2)nc(Nc2ccc([N+](=O)[O-])cc2)n1. The summed E-state index contributed by atoms with van der Waals surface area (Å²) in [6.45, 7) is 5.35. The van der Waals surface area contributed by atoms with Gasteiger partial charge in [-0.1, -0.05) is 12.1 Å². The lowest BCUT2D eigenvalue weighted by Gasteiger charge is -2.19. The molecule has 1 heterocycles. The summed E-state index contributed by atoms with van der Waals surface area (Å²) in [6.07, 6.45) is 1.52. The standard InChI is InChI=1S/C20H21FN8O2/c1-3-28(4-2)20-25-18(23-16-9-11-17(12-10-16)29(30)31)24-19(26-20)27-22-13-14-5-7-15(21)8-6-14/h5-13H,3-4H2,1-2H3,(H2,23,24,25,26,27)/b22-13+. The minimum Gasteiger partial charge on any atom is -0.341 e. The van der Waals surface area contributed by atoms with Gasteiger partial charge in [-0.3, -0.25) is 10.1 Å². The third kappa shape index (κ3) is 5.92. The van der Waals surface area contributed by atoms with Crippen LogP contribution in [-0.4, -0.2) is 39.2 Å². The highest BCUT2D eigenvalue weighted by molar-refractivity contribution is 5.79. The van der Waals surface area contributed by atoms with E-state index in [4.69, 9.17) is 0 Å². The molecule has 0 aliphatic carbocycles. The lowest BCUT2D eigenvalue weighted by atomic mass is 10.2. The Labute approximate surface area is 178 Å². The van der Waals surface area contributed by atoms with Crippen molar-refractivity contribution < 1.29 is 9.31 Å². The number of non-ortho nitro benzene ring substituents is 1. The zero-order valence-corrected chi connectivity index (χ0v) is 17.0. The maximum absolute atomic E-state index is 13.0. The van der Waals surface area contributed by atoms with Crippen LogP contribution in [0.5, 0.6) is 0 Å². The van der Waals surface area contributed by atoms with Gasteiger partial charge in [0, 0.05) is 30.9 Å². The summed E-state index contributed by atoms with van der Waals surface area (Å²) in [6, 6.07) is 11.8. The Morgan fingerprint density at radius 3 is 2.29 bits per heavy atom. The van der Waals surface area contributed by atoms with Gasteiger partial charge in [-0.2, -0.15) is 20.1 Å². The van der Waals surface area contributed by atoms with Crippen LogP contribution in [0.2, 0.25) is 0 Å². The van der Waals surface area contributed by atoms with E-state index in [1.165, 1.54) is 30.5 Å². The molecule has 0 spiro atoms. The van der Waals surface area contributed by atoms with Gasteiger partial charge in [0.25, 0.3) is 5.69 Å². The maximum Gasteiger partial charge on any atom is 0.269 e. The number of aromatic nitrogens is 3. The molecular formula is C20H21FN8O2. The number of hydrogen-bond donors (Lipinski definition) is 2. The molecule has 1 aromatic heterocycles. The molecule has 160 valence electrons. The minimum absolute atomic E-state index is 0.0116. The molecular weight excluding hydrogens is 403 g/mol. The first kappa shape index (κ1) is 21.6. The predicted octanol–water partition coefficient (Wildman–Crippen LogP) is 3.95. The van der Waals surface area contributed by atoms with Crippen LogP contribution in [0.3, 0.4) is 0 Å². The first-order chi connectivity index (χ1) is 15.0. The van der Waals surface area contributed by atoms with Crippen molar-refractivity contribution >= 4 is 35.4 Å². The van der Waals surface area contributed by atoms with Crippen LogP contribution in [0.4, 0.5) is 33.6 Å². The number of hydrazone groups is 1. The van der Waals surface area contributed by atoms with Gasteiger partial charge in [0.15, 0.2) is 0 Å². The van der Waals surface area contributed by atoms with Crippen LogP contribution in [0, 0.1) is 15.9 Å². The number of rotatable bonds is 9. The van der Waals surface area contributed by atoms with E-state index in [1.807, 2.05) is 18.7 Å². The summed E-state index contributed by atoms with van der Waals surface area (Å²) < 4.78 is 13.0. The fourth-order valence-corrected chi connectivity index (χ4v) is 2.63. The molecule has 11 heteroatoms. The van der Waals surface area contributed by atoms with E-state index in [0.717, 1.165) is 0 Å². The van der Waals surface area contributed by atoms with E-state index in [0.29, 0.717) is 30.3 Å². The lowest BCUT2D eigenvalue weighted by Crippen LogP contribution is -2.25. The number of nitro benzene ring substituents is 1. The topological polar surface area (TPSA) is 121 Å². The molecule has 3 aromatic rings. The molecule has 0 unspecified atom stereocenters. The van der Waals surface area contributed by atoms with Crippen molar-refractivity contribution in [2.24, 2.45) is 5.10 Å². The quantitative estimate of drug-likeness (QED) is 0.301. The highest BCUT2D eigenvalue weighted by atomic mass is 19.1. The van der Waals surface area contributed by atoms with E-state index in [-0.39, 0.29) is 23.4 Å². The molecule has 0 saturated carbocycles. The van der Waals surface area contributed by atoms with Crippen LogP contribution in [0.15, 0.2) is 53.6 Å². The summed E-state index contributed by atoms with van der Waals surface area (Å²) >= 11 is 0. The largest absolute Gasteiger partial charge is 0.341 e. The van der Waals surface area contributed by atoms with Crippen molar-refractivity contribution in [1.29, 1.82) is 0 Å². The van der Waals surface area contributed by atoms with Crippen molar-refractivity contribution in [3.8, 4) is 0 Å². The molecule has 0 fully saturated rings. The van der Waals surface area contributed by atoms with E-state index in [2.05, 4.69) is 30.8 Å². The van der Waals surface area contributed by atoms with Gasteiger partial charge in [0.05, 0.1) is 11.1 Å². The third-order valence-electron chi connectivity index (χ3n) is 4.25. The Kier molecular flexibility index (Phi) is 6.99. The van der Waals surface area contributed by atoms with Gasteiger partial charge in [-0.05, 0) is 43.7 Å². The molecule has 3 rings (SSSR count). The number of halogens is 1. The van der Waals surface area contributed by atoms with Crippen molar-refractivity contribution in [3.05, 3.63) is 70.0 Å². The zero-order chi connectivity index (χ0) is 22.2. The highest BCUT2D eigenvalue weighted by Crippen LogP contribution is 2.20. The molecule has 0 bridgehead atoms. The van der Waals surface area contributed by atoms with Crippen LogP contribution < -0.4 is 15.6 Å². The molecule has 0 aliphatic heterocycles. The van der Waals surface area contributed by atoms with Gasteiger partial charge in [-0.25, -0.2) is 9.82 Å². The Balaban J connectivity index is 1.83. The Morgan fingerprint density at radius 2 is 1.68 bits per heavy atom. The van der Waals surface area contributed by atoms with Gasteiger partial charge in [0.1, 0.15) is 5.82 Å². The molecule has 2 aromatic carbocycles. The van der Waals surface area contributed by atoms with E-state index in [1.54, 1.807) is 24.3 Å². The normalized spacial score (nSPS) is 10.8. The first-order valence-corrected chi connectivity index (χ1v) is 9.55. The van der Waals surface area contributed by atoms with Crippen LogP contribution in [0.1, 0.15) is 19.4 Å². The van der Waals surface area contributed by atoms with Crippen molar-refractivity contribution in [2.45, 2.75) is 13.8 Å². The number of hydrogen-bond acceptors (Lipinski definition) is 9. The number of nitrogens with one attached hydrogen (secondary N) is 2. The maximum atomic E-state index is 13.0. The summed E-state index contributed by atoms with van der Waals surface area (Å²) in [5, 5.41) is 18.0. The first-order valence-electron chi connectivity index (χ1n) is 9.55. The van der Waals surface area contributed by atoms with E-state index in [9.17, 15) is 14.5 Å². The lowest BCUT2D eigenvalue weighted by molar-refractivity contribution is -0.384. The average Bonchev–Trinajstić information content (AvgIpc) is 2.76. The Hall–Kier alpha value is -4.15. The molecule has 2 N–H and O–H groups in total. The van der Waals surface area contributed by atoms with Crippen molar-refractivity contribution in [3.63, 3.8) is 0 Å². The minimum atomic E-state index is -0.466. The van der Waals surface area contributed by atoms with Crippen molar-refractivity contribution in [1.82, 2.24) is 15.0 Å². The van der Waals surface area contributed by atoms with Crippen LogP contribution in [-0.2, 0) is 0 Å². The second-order valence-electron chi connectivity index (χ2n) is 6.31. The van der Waals surface area contributed by atoms with E-state index >= 15 is 0 Å². The predicted molar refractivity (Wildman–Crippen MR) is 117 cm³/mol. The fourth-order valence-electron chi connectivity index (χ4n) is 2.63. The molecule has 0 aliphatic rings. The van der Waals surface area contributed by atoms with Crippen LogP contribution in [0.25, 0.3) is 0 Å². The molecule has 0 amide bonds. The van der Waals surface area contributed by atoms with Crippen molar-refractivity contribution in [2.75, 3.05) is 28.7 Å². The molecule has 10 nitrogen and oxygen atoms in total. The molecule has 31 heavy (non-hydrogen) atoms. The third-order valence-corrected chi connectivity index (χ3v) is 4.25. The second kappa shape index (κ2) is 10.1. The van der Waals surface area contributed by atoms with E-state index < -0.39 is 4.92 Å². The van der Waals surface area contributed by atoms with Gasteiger partial charge >= 0.3 is 0 Å². The molecule has 0 saturated heterocycles. The number of nitro groups is 1. The Bertz CT molecular complexity index is 1050. The number of benzene rings is 2. The van der Waals surface area contributed by atoms with Gasteiger partial charge < -0.3 is 10.2 Å². The fraction of sp³-hybridized carbons (Fsp3) is 0.200. The highest BCUT2D eigenvalue weighted by Gasteiger charge is 2.12. The summed E-state index contributed by atoms with van der Waals surface area (Å²) in [5.41, 5.74) is 4.04. The van der Waals surface area contributed by atoms with Crippen LogP contribution >= 0.6 is 0 Å². The zero-order valence-electron chi connectivity index (χ0n) is 17.0. The molecule has 0 atom stereocenters. The van der Waals surface area contributed by atoms with Gasteiger partial charge in [0.2, 0.25) is 17.8 Å². The Morgan fingerprint density at radius 1 is 1.03 bits per heavy atom. The molecule has 0 radical (unpaired) electrons. The monoisotopic (exact) mass is 424 g/mol. The number of anilines is 4. The van der Waals surface area contributed by atoms with Gasteiger partial charge in [-0.15, -0.1) is 0 Å². The average molecular weight is 424 g/mol. The smallest absolute Gasteiger partial charge is 0.269 e. The number of nitrogens with zero attached hydrogens (tertiary/aromatic N) is 6. The second-order valence-corrected chi connectivity index (χ2v) is 6.31. The summed E-state index contributed by atoms with van der Waals surface area (Å²) in [5.74, 6) is 0.585. The summed E-state index contributed by atoms with van der Waals surface area (Å²) in [4.78, 5) is 25.4. The summed E-state index contributed by atoms with van der Waals surface area (Å²) in [7, 11) is 0.